The van der Waals surface area contributed by atoms with Crippen molar-refractivity contribution in [2.24, 2.45) is 0 Å². The Kier molecular flexibility index (Phi) is 4.24. The number of unbranched alkanes of at least 4 members (excludes halogenated alkanes) is 1. The molecule has 0 saturated heterocycles. The molecule has 0 aromatic heterocycles. The van der Waals surface area contributed by atoms with Crippen LogP contribution in [0.15, 0.2) is 20.0 Å². The van der Waals surface area contributed by atoms with Crippen molar-refractivity contribution in [3.8, 4) is 0 Å². The van der Waals surface area contributed by atoms with E-state index in [1.807, 2.05) is 6.08 Å². The quantitative estimate of drug-likeness (QED) is 0.734. The van der Waals surface area contributed by atoms with E-state index in [1.165, 1.54) is 0 Å². The van der Waals surface area contributed by atoms with Gasteiger partial charge in [-0.2, -0.15) is 0 Å². The van der Waals surface area contributed by atoms with E-state index in [2.05, 4.69) is 42.5 Å². The molecule has 0 bridgehead atoms. The topological polar surface area (TPSA) is 34.1 Å². The van der Waals surface area contributed by atoms with Crippen LogP contribution in [0.3, 0.4) is 0 Å². The van der Waals surface area contributed by atoms with E-state index in [-0.39, 0.29) is 0 Å². The van der Waals surface area contributed by atoms with E-state index in [4.69, 9.17) is 0 Å². The van der Waals surface area contributed by atoms with Gasteiger partial charge in [0, 0.05) is 9.01 Å². The Morgan fingerprint density at radius 2 is 1.88 bits per heavy atom. The van der Waals surface area contributed by atoms with Crippen LogP contribution in [-0.2, 0) is 9.84 Å². The van der Waals surface area contributed by atoms with E-state index in [0.29, 0.717) is 15.9 Å². The third-order valence-electron chi connectivity index (χ3n) is 2.63. The minimum Gasteiger partial charge on any atom is -0.220 e. The first-order valence-corrected chi connectivity index (χ1v) is 11.3. The zero-order valence-electron chi connectivity index (χ0n) is 10.3. The second-order valence-corrected chi connectivity index (χ2v) is 13.3. The van der Waals surface area contributed by atoms with Crippen LogP contribution < -0.4 is 0 Å². The van der Waals surface area contributed by atoms with Gasteiger partial charge in [-0.3, -0.25) is 0 Å². The minimum absolute atomic E-state index is 0.590. The van der Waals surface area contributed by atoms with Crippen molar-refractivity contribution in [3.05, 3.63) is 20.0 Å². The van der Waals surface area contributed by atoms with Crippen LogP contribution in [0.4, 0.5) is 0 Å². The number of rotatable bonds is 4. The summed E-state index contributed by atoms with van der Waals surface area (Å²) >= 11 is 3.39. The van der Waals surface area contributed by atoms with Crippen LogP contribution in [0.25, 0.3) is 0 Å². The Morgan fingerprint density at radius 3 is 2.25 bits per heavy atom. The van der Waals surface area contributed by atoms with Crippen LogP contribution in [0.2, 0.25) is 19.6 Å². The maximum Gasteiger partial charge on any atom is 0.196 e. The fraction of sp³-hybridized carbons (Fsp3) is 0.636. The van der Waals surface area contributed by atoms with Crippen molar-refractivity contribution in [3.63, 3.8) is 0 Å². The second kappa shape index (κ2) is 4.78. The number of hydrogen-bond donors (Lipinski definition) is 0. The van der Waals surface area contributed by atoms with E-state index in [1.54, 1.807) is 0 Å². The Bertz CT molecular complexity index is 441. The highest BCUT2D eigenvalue weighted by molar-refractivity contribution is 9.12. The summed E-state index contributed by atoms with van der Waals surface area (Å²) in [5.41, 5.74) is 0. The summed E-state index contributed by atoms with van der Waals surface area (Å²) in [5, 5.41) is 0. The number of hydrogen-bond acceptors (Lipinski definition) is 2. The van der Waals surface area contributed by atoms with E-state index >= 15 is 0 Å². The summed E-state index contributed by atoms with van der Waals surface area (Å²) in [5.74, 6) is 0. The number of sulfone groups is 1. The van der Waals surface area contributed by atoms with Gasteiger partial charge >= 0.3 is 0 Å². The smallest absolute Gasteiger partial charge is 0.196 e. The van der Waals surface area contributed by atoms with Gasteiger partial charge in [-0.25, -0.2) is 8.42 Å². The summed E-state index contributed by atoms with van der Waals surface area (Å²) in [7, 11) is -4.93. The summed E-state index contributed by atoms with van der Waals surface area (Å²) < 4.78 is 26.1. The van der Waals surface area contributed by atoms with Crippen molar-refractivity contribution in [1.29, 1.82) is 0 Å². The zero-order valence-corrected chi connectivity index (χ0v) is 13.7. The van der Waals surface area contributed by atoms with Crippen molar-refractivity contribution in [1.82, 2.24) is 0 Å². The minimum atomic E-state index is -3.15. The Morgan fingerprint density at radius 1 is 1.31 bits per heavy atom. The van der Waals surface area contributed by atoms with Crippen LogP contribution in [0.1, 0.15) is 26.2 Å². The molecule has 0 spiro atoms. The van der Waals surface area contributed by atoms with E-state index < -0.39 is 17.9 Å². The van der Waals surface area contributed by atoms with Gasteiger partial charge in [0.1, 0.15) is 0 Å². The lowest BCUT2D eigenvalue weighted by molar-refractivity contribution is 0.606. The molecule has 16 heavy (non-hydrogen) atoms. The highest BCUT2D eigenvalue weighted by atomic mass is 79.9. The molecule has 0 atom stereocenters. The molecule has 0 N–H and O–H groups in total. The molecule has 1 rings (SSSR count). The molecule has 0 aromatic carbocycles. The molecule has 2 nitrogen and oxygen atoms in total. The number of allylic oxidation sites excluding steroid dienone is 3. The molecule has 0 aromatic rings. The number of halogens is 1. The van der Waals surface area contributed by atoms with Gasteiger partial charge in [-0.1, -0.05) is 33.0 Å². The maximum absolute atomic E-state index is 12.3. The Hall–Kier alpha value is 0.127. The molecule has 0 unspecified atom stereocenters. The average molecular weight is 323 g/mol. The van der Waals surface area contributed by atoms with E-state index in [9.17, 15) is 8.42 Å². The zero-order chi connectivity index (χ0) is 12.6. The summed E-state index contributed by atoms with van der Waals surface area (Å²) in [6, 6.07) is 0. The summed E-state index contributed by atoms with van der Waals surface area (Å²) in [6.45, 7) is 8.28. The fourth-order valence-electron chi connectivity index (χ4n) is 1.74. The van der Waals surface area contributed by atoms with Crippen molar-refractivity contribution >= 4 is 33.8 Å². The van der Waals surface area contributed by atoms with Gasteiger partial charge in [-0.15, -0.1) is 0 Å². The maximum atomic E-state index is 12.3. The van der Waals surface area contributed by atoms with Gasteiger partial charge in [-0.05, 0) is 34.8 Å². The lowest BCUT2D eigenvalue weighted by atomic mass is 10.2. The van der Waals surface area contributed by atoms with Crippen molar-refractivity contribution in [2.45, 2.75) is 45.8 Å². The molecule has 0 aliphatic carbocycles. The molecule has 0 saturated carbocycles. The first-order valence-electron chi connectivity index (χ1n) is 5.57. The van der Waals surface area contributed by atoms with Gasteiger partial charge in [0.05, 0.1) is 13.0 Å². The monoisotopic (exact) mass is 322 g/mol. The normalized spacial score (nSPS) is 20.2. The SMILES string of the molecule is CCCCC1=C(Br)C=C([Si](C)(C)C)S1(=O)=O. The van der Waals surface area contributed by atoms with Crippen LogP contribution in [0, 0.1) is 0 Å². The average Bonchev–Trinajstić information content (AvgIpc) is 2.34. The third-order valence-corrected chi connectivity index (χ3v) is 9.64. The Balaban J connectivity index is 3.09. The molecule has 0 fully saturated rings. The largest absolute Gasteiger partial charge is 0.220 e. The first-order chi connectivity index (χ1) is 7.21. The van der Waals surface area contributed by atoms with Gasteiger partial charge in [0.2, 0.25) is 0 Å². The molecule has 0 radical (unpaired) electrons. The molecule has 0 amide bonds. The highest BCUT2D eigenvalue weighted by Crippen LogP contribution is 2.39. The second-order valence-electron chi connectivity index (χ2n) is 5.14. The van der Waals surface area contributed by atoms with E-state index in [0.717, 1.165) is 17.3 Å². The van der Waals surface area contributed by atoms with Crippen molar-refractivity contribution < 1.29 is 8.42 Å². The lowest BCUT2D eigenvalue weighted by Crippen LogP contribution is -2.28. The molecule has 5 heteroatoms. The van der Waals surface area contributed by atoms with Gasteiger partial charge in [0.15, 0.2) is 9.84 Å². The molecular weight excluding hydrogens is 304 g/mol. The lowest BCUT2D eigenvalue weighted by Gasteiger charge is -2.18. The highest BCUT2D eigenvalue weighted by Gasteiger charge is 2.38. The van der Waals surface area contributed by atoms with Gasteiger partial charge in [0.25, 0.3) is 0 Å². The fourth-order valence-corrected chi connectivity index (χ4v) is 8.61. The molecule has 1 aliphatic heterocycles. The van der Waals surface area contributed by atoms with Crippen LogP contribution in [-0.4, -0.2) is 16.5 Å². The van der Waals surface area contributed by atoms with Crippen LogP contribution >= 0.6 is 15.9 Å². The summed E-state index contributed by atoms with van der Waals surface area (Å²) in [6.07, 6.45) is 4.43. The van der Waals surface area contributed by atoms with Crippen LogP contribution in [0.5, 0.6) is 0 Å². The first kappa shape index (κ1) is 14.2. The van der Waals surface area contributed by atoms with Gasteiger partial charge < -0.3 is 0 Å². The predicted octanol–water partition coefficient (Wildman–Crippen LogP) is 3.97. The molecule has 1 aliphatic rings. The standard InChI is InChI=1S/C11H19BrO2SSi/c1-5-6-7-10-9(12)8-11(15(10,13)14)16(2,3)4/h8H,5-7H2,1-4H3. The molecular formula is C11H19BrO2SSi. The predicted molar refractivity (Wildman–Crippen MR) is 75.8 cm³/mol. The summed E-state index contributed by atoms with van der Waals surface area (Å²) in [4.78, 5) is 0.590. The Labute approximate surface area is 108 Å². The third kappa shape index (κ3) is 2.68. The molecule has 1 heterocycles. The molecule has 92 valence electrons. The van der Waals surface area contributed by atoms with Crippen molar-refractivity contribution in [2.75, 3.05) is 0 Å².